The molecule has 0 atom stereocenters. The Morgan fingerprint density at radius 1 is 1.00 bits per heavy atom. The summed E-state index contributed by atoms with van der Waals surface area (Å²) in [7, 11) is 0. The first-order chi connectivity index (χ1) is 10.9. The maximum Gasteiger partial charge on any atom is 0.416 e. The second-order valence-corrected chi connectivity index (χ2v) is 4.76. The number of carbonyl (C=O) groups excluding carboxylic acids is 1. The van der Waals surface area contributed by atoms with E-state index in [1.165, 1.54) is 24.5 Å². The molecule has 1 amide bonds. The summed E-state index contributed by atoms with van der Waals surface area (Å²) < 4.78 is 38.2. The van der Waals surface area contributed by atoms with Crippen LogP contribution < -0.4 is 5.32 Å². The van der Waals surface area contributed by atoms with Crippen LogP contribution in [0.25, 0.3) is 10.9 Å². The number of alkyl halides is 3. The Balaban J connectivity index is 1.97. The highest BCUT2D eigenvalue weighted by molar-refractivity contribution is 6.07. The lowest BCUT2D eigenvalue weighted by molar-refractivity contribution is -0.137. The molecule has 7 heteroatoms. The van der Waals surface area contributed by atoms with E-state index in [1.807, 2.05) is 0 Å². The van der Waals surface area contributed by atoms with Crippen molar-refractivity contribution in [3.8, 4) is 0 Å². The highest BCUT2D eigenvalue weighted by Crippen LogP contribution is 2.32. The second-order valence-electron chi connectivity index (χ2n) is 4.76. The largest absolute Gasteiger partial charge is 0.416 e. The number of hydrogen-bond donors (Lipinski definition) is 1. The van der Waals surface area contributed by atoms with Crippen molar-refractivity contribution >= 4 is 22.5 Å². The third kappa shape index (κ3) is 3.13. The molecule has 4 nitrogen and oxygen atoms in total. The lowest BCUT2D eigenvalue weighted by Crippen LogP contribution is -2.13. The molecule has 0 aliphatic heterocycles. The van der Waals surface area contributed by atoms with Gasteiger partial charge in [0.25, 0.3) is 5.91 Å². The minimum Gasteiger partial charge on any atom is -0.320 e. The number of nitrogens with one attached hydrogen (secondary N) is 1. The van der Waals surface area contributed by atoms with Gasteiger partial charge < -0.3 is 5.32 Å². The third-order valence-electron chi connectivity index (χ3n) is 3.22. The Morgan fingerprint density at radius 2 is 1.83 bits per heavy atom. The van der Waals surface area contributed by atoms with Gasteiger partial charge in [0.05, 0.1) is 16.8 Å². The Hall–Kier alpha value is -2.96. The smallest absolute Gasteiger partial charge is 0.320 e. The molecule has 2 heterocycles. The van der Waals surface area contributed by atoms with Gasteiger partial charge in [-0.05, 0) is 30.3 Å². The Labute approximate surface area is 129 Å². The van der Waals surface area contributed by atoms with Gasteiger partial charge in [-0.2, -0.15) is 13.2 Å². The number of aromatic nitrogens is 2. The number of amides is 1. The van der Waals surface area contributed by atoms with Crippen LogP contribution in [0.2, 0.25) is 0 Å². The first-order valence-electron chi connectivity index (χ1n) is 6.63. The topological polar surface area (TPSA) is 54.9 Å². The molecule has 0 saturated heterocycles. The summed E-state index contributed by atoms with van der Waals surface area (Å²) in [4.78, 5) is 20.0. The van der Waals surface area contributed by atoms with Gasteiger partial charge in [0, 0.05) is 17.8 Å². The molecule has 2 aromatic heterocycles. The van der Waals surface area contributed by atoms with Crippen molar-refractivity contribution in [2.75, 3.05) is 5.32 Å². The fraction of sp³-hybridized carbons (Fsp3) is 0.0625. The number of carbonyl (C=O) groups is 1. The zero-order valence-corrected chi connectivity index (χ0v) is 11.6. The van der Waals surface area contributed by atoms with Crippen LogP contribution in [0.4, 0.5) is 18.9 Å². The van der Waals surface area contributed by atoms with Gasteiger partial charge in [-0.3, -0.25) is 14.8 Å². The molecule has 0 radical (unpaired) electrons. The van der Waals surface area contributed by atoms with Crippen molar-refractivity contribution in [3.05, 3.63) is 66.1 Å². The molecule has 0 aliphatic carbocycles. The summed E-state index contributed by atoms with van der Waals surface area (Å²) in [5, 5.41) is 3.06. The Kier molecular flexibility index (Phi) is 3.69. The van der Waals surface area contributed by atoms with Gasteiger partial charge >= 0.3 is 6.18 Å². The van der Waals surface area contributed by atoms with Crippen LogP contribution in [0, 0.1) is 0 Å². The van der Waals surface area contributed by atoms with Crippen LogP contribution in [0.5, 0.6) is 0 Å². The normalized spacial score (nSPS) is 11.4. The van der Waals surface area contributed by atoms with Crippen LogP contribution in [0.15, 0.2) is 54.9 Å². The number of halogens is 3. The summed E-state index contributed by atoms with van der Waals surface area (Å²) in [6.45, 7) is 0. The van der Waals surface area contributed by atoms with Crippen LogP contribution >= 0.6 is 0 Å². The van der Waals surface area contributed by atoms with Crippen molar-refractivity contribution in [2.45, 2.75) is 6.18 Å². The van der Waals surface area contributed by atoms with E-state index in [4.69, 9.17) is 0 Å². The van der Waals surface area contributed by atoms with Crippen molar-refractivity contribution in [2.24, 2.45) is 0 Å². The van der Waals surface area contributed by atoms with E-state index in [-0.39, 0.29) is 11.2 Å². The van der Waals surface area contributed by atoms with Crippen LogP contribution in [0.1, 0.15) is 16.1 Å². The quantitative estimate of drug-likeness (QED) is 0.780. The second kappa shape index (κ2) is 5.68. The van der Waals surface area contributed by atoms with Crippen molar-refractivity contribution in [1.29, 1.82) is 0 Å². The minimum atomic E-state index is -4.44. The SMILES string of the molecule is O=C(Nc1ccnc2cc(C(F)(F)F)ccc12)c1ccccn1. The number of nitrogens with zero attached hydrogens (tertiary/aromatic N) is 2. The summed E-state index contributed by atoms with van der Waals surface area (Å²) >= 11 is 0. The van der Waals surface area contributed by atoms with Crippen LogP contribution in [0.3, 0.4) is 0 Å². The Morgan fingerprint density at radius 3 is 2.52 bits per heavy atom. The number of pyridine rings is 2. The highest BCUT2D eigenvalue weighted by Gasteiger charge is 2.30. The molecule has 0 aliphatic rings. The molecule has 0 saturated carbocycles. The average molecular weight is 317 g/mol. The molecule has 23 heavy (non-hydrogen) atoms. The van der Waals surface area contributed by atoms with Gasteiger partial charge in [0.2, 0.25) is 0 Å². The maximum atomic E-state index is 12.7. The molecule has 0 spiro atoms. The van der Waals surface area contributed by atoms with Gasteiger partial charge in [-0.1, -0.05) is 12.1 Å². The minimum absolute atomic E-state index is 0.152. The number of anilines is 1. The van der Waals surface area contributed by atoms with E-state index >= 15 is 0 Å². The molecule has 116 valence electrons. The molecule has 3 aromatic rings. The molecule has 1 aromatic carbocycles. The molecule has 0 fully saturated rings. The number of benzene rings is 1. The van der Waals surface area contributed by atoms with Crippen molar-refractivity contribution < 1.29 is 18.0 Å². The summed E-state index contributed by atoms with van der Waals surface area (Å²) in [6.07, 6.45) is -1.62. The van der Waals surface area contributed by atoms with E-state index in [1.54, 1.807) is 18.2 Å². The monoisotopic (exact) mass is 317 g/mol. The first-order valence-corrected chi connectivity index (χ1v) is 6.63. The molecule has 0 bridgehead atoms. The molecular formula is C16H10F3N3O. The van der Waals surface area contributed by atoms with Crippen molar-refractivity contribution in [3.63, 3.8) is 0 Å². The van der Waals surface area contributed by atoms with Gasteiger partial charge in [0.15, 0.2) is 0 Å². The van der Waals surface area contributed by atoms with E-state index < -0.39 is 17.6 Å². The summed E-state index contributed by atoms with van der Waals surface area (Å²) in [5.41, 5.74) is -0.0481. The number of hydrogen-bond acceptors (Lipinski definition) is 3. The fourth-order valence-electron chi connectivity index (χ4n) is 2.12. The van der Waals surface area contributed by atoms with Gasteiger partial charge in [0.1, 0.15) is 5.69 Å². The fourth-order valence-corrected chi connectivity index (χ4v) is 2.12. The van der Waals surface area contributed by atoms with E-state index in [0.29, 0.717) is 11.1 Å². The molecule has 1 N–H and O–H groups in total. The zero-order valence-electron chi connectivity index (χ0n) is 11.6. The van der Waals surface area contributed by atoms with Gasteiger partial charge in [-0.15, -0.1) is 0 Å². The van der Waals surface area contributed by atoms with E-state index in [0.717, 1.165) is 12.1 Å². The van der Waals surface area contributed by atoms with E-state index in [2.05, 4.69) is 15.3 Å². The van der Waals surface area contributed by atoms with Crippen LogP contribution in [-0.4, -0.2) is 15.9 Å². The zero-order chi connectivity index (χ0) is 16.4. The van der Waals surface area contributed by atoms with Crippen molar-refractivity contribution in [1.82, 2.24) is 9.97 Å². The number of rotatable bonds is 2. The third-order valence-corrected chi connectivity index (χ3v) is 3.22. The predicted octanol–water partition coefficient (Wildman–Crippen LogP) is 3.90. The average Bonchev–Trinajstić information content (AvgIpc) is 2.54. The van der Waals surface area contributed by atoms with Gasteiger partial charge in [-0.25, -0.2) is 0 Å². The van der Waals surface area contributed by atoms with Crippen LogP contribution in [-0.2, 0) is 6.18 Å². The Bertz CT molecular complexity index is 863. The summed E-state index contributed by atoms with van der Waals surface area (Å²) in [5.74, 6) is -0.446. The highest BCUT2D eigenvalue weighted by atomic mass is 19.4. The lowest BCUT2D eigenvalue weighted by Gasteiger charge is -2.10. The first kappa shape index (κ1) is 15.0. The number of fused-ring (bicyclic) bond motifs is 1. The predicted molar refractivity (Wildman–Crippen MR) is 78.9 cm³/mol. The standard InChI is InChI=1S/C16H10F3N3O/c17-16(18,19)10-4-5-11-12(6-8-21-14(11)9-10)22-15(23)13-3-1-2-7-20-13/h1-9H,(H,21,22,23). The lowest BCUT2D eigenvalue weighted by atomic mass is 10.1. The summed E-state index contributed by atoms with van der Waals surface area (Å²) in [6, 6.07) is 9.61. The molecule has 3 rings (SSSR count). The van der Waals surface area contributed by atoms with E-state index in [9.17, 15) is 18.0 Å². The maximum absolute atomic E-state index is 12.7. The molecular weight excluding hydrogens is 307 g/mol. The molecule has 0 unspecified atom stereocenters.